The van der Waals surface area contributed by atoms with Gasteiger partial charge in [0.1, 0.15) is 5.82 Å². The van der Waals surface area contributed by atoms with Crippen LogP contribution >= 0.6 is 0 Å². The van der Waals surface area contributed by atoms with Crippen molar-refractivity contribution in [1.82, 2.24) is 9.97 Å². The van der Waals surface area contributed by atoms with E-state index in [2.05, 4.69) is 9.97 Å². The highest BCUT2D eigenvalue weighted by atomic mass is 16.4. The number of nitrogens with zero attached hydrogens (tertiary/aromatic N) is 1. The van der Waals surface area contributed by atoms with Gasteiger partial charge in [0.15, 0.2) is 0 Å². The van der Waals surface area contributed by atoms with Gasteiger partial charge in [0, 0.05) is 6.08 Å². The molecule has 0 aliphatic carbocycles. The normalized spacial score (nSPS) is 11.1. The number of aryl methyl sites for hydroxylation is 1. The zero-order chi connectivity index (χ0) is 12.4. The van der Waals surface area contributed by atoms with Crippen LogP contribution in [0.25, 0.3) is 17.0 Å². The van der Waals surface area contributed by atoms with Gasteiger partial charge in [0.2, 0.25) is 0 Å². The molecule has 86 valence electrons. The molecule has 0 saturated heterocycles. The van der Waals surface area contributed by atoms with Crippen molar-refractivity contribution < 1.29 is 9.90 Å². The third-order valence-electron chi connectivity index (χ3n) is 2.27. The molecule has 0 atom stereocenters. The van der Waals surface area contributed by atoms with Crippen molar-refractivity contribution in [1.29, 1.82) is 0 Å². The second-order valence-electron chi connectivity index (χ2n) is 3.60. The van der Waals surface area contributed by atoms with Crippen LogP contribution in [-0.4, -0.2) is 21.0 Å². The van der Waals surface area contributed by atoms with Gasteiger partial charge >= 0.3 is 5.97 Å². The molecule has 0 amide bonds. The Balaban J connectivity index is 2.58. The van der Waals surface area contributed by atoms with Crippen LogP contribution in [0.5, 0.6) is 0 Å². The molecule has 0 saturated carbocycles. The highest BCUT2D eigenvalue weighted by Gasteiger charge is 2.01. The molecular weight excluding hydrogens is 220 g/mol. The Bertz CT molecular complexity index is 671. The molecule has 0 fully saturated rings. The van der Waals surface area contributed by atoms with Crippen LogP contribution < -0.4 is 5.56 Å². The Hall–Kier alpha value is -2.43. The molecule has 1 aromatic heterocycles. The summed E-state index contributed by atoms with van der Waals surface area (Å²) in [6.07, 6.45) is 2.46. The van der Waals surface area contributed by atoms with Gasteiger partial charge in [0.25, 0.3) is 5.56 Å². The second-order valence-corrected chi connectivity index (χ2v) is 3.60. The van der Waals surface area contributed by atoms with Gasteiger partial charge < -0.3 is 10.1 Å². The standard InChI is InChI=1S/C12H10N2O3/c1-7-13-10-4-2-8(3-5-11(15)16)6-9(10)12(17)14-7/h2-6H,1H3,(H,15,16)(H,13,14,17). The van der Waals surface area contributed by atoms with Gasteiger partial charge in [-0.1, -0.05) is 6.07 Å². The minimum Gasteiger partial charge on any atom is -0.478 e. The molecule has 0 unspecified atom stereocenters. The lowest BCUT2D eigenvalue weighted by Crippen LogP contribution is -2.09. The third-order valence-corrected chi connectivity index (χ3v) is 2.27. The molecule has 1 heterocycles. The van der Waals surface area contributed by atoms with Gasteiger partial charge in [-0.2, -0.15) is 0 Å². The molecule has 2 rings (SSSR count). The molecule has 1 aromatic carbocycles. The first-order valence-electron chi connectivity index (χ1n) is 4.98. The number of carbonyl (C=O) groups is 1. The van der Waals surface area contributed by atoms with Crippen LogP contribution in [0.2, 0.25) is 0 Å². The molecule has 5 heteroatoms. The molecule has 5 nitrogen and oxygen atoms in total. The van der Waals surface area contributed by atoms with Gasteiger partial charge in [-0.15, -0.1) is 0 Å². The fourth-order valence-electron chi connectivity index (χ4n) is 1.54. The van der Waals surface area contributed by atoms with Crippen molar-refractivity contribution in [2.24, 2.45) is 0 Å². The molecule has 17 heavy (non-hydrogen) atoms. The van der Waals surface area contributed by atoms with Crippen molar-refractivity contribution >= 4 is 22.9 Å². The summed E-state index contributed by atoms with van der Waals surface area (Å²) in [6, 6.07) is 5.02. The van der Waals surface area contributed by atoms with Crippen molar-refractivity contribution in [3.8, 4) is 0 Å². The average molecular weight is 230 g/mol. The minimum absolute atomic E-state index is 0.224. The monoisotopic (exact) mass is 230 g/mol. The molecule has 0 spiro atoms. The number of carboxylic acid groups (broad SMARTS) is 1. The number of rotatable bonds is 2. The number of hydrogen-bond acceptors (Lipinski definition) is 3. The first kappa shape index (κ1) is 11.1. The van der Waals surface area contributed by atoms with E-state index in [-0.39, 0.29) is 5.56 Å². The minimum atomic E-state index is -1.03. The second kappa shape index (κ2) is 4.21. The first-order valence-corrected chi connectivity index (χ1v) is 4.98. The molecule has 0 aliphatic heterocycles. The van der Waals surface area contributed by atoms with E-state index in [0.717, 1.165) is 6.08 Å². The quantitative estimate of drug-likeness (QED) is 0.762. The lowest BCUT2D eigenvalue weighted by Gasteiger charge is -1.99. The summed E-state index contributed by atoms with van der Waals surface area (Å²) in [7, 11) is 0. The van der Waals surface area contributed by atoms with Gasteiger partial charge in [-0.05, 0) is 30.7 Å². The Morgan fingerprint density at radius 3 is 2.94 bits per heavy atom. The summed E-state index contributed by atoms with van der Waals surface area (Å²) in [6.45, 7) is 1.71. The van der Waals surface area contributed by atoms with Crippen LogP contribution in [0.3, 0.4) is 0 Å². The zero-order valence-electron chi connectivity index (χ0n) is 9.10. The van der Waals surface area contributed by atoms with E-state index in [4.69, 9.17) is 5.11 Å². The van der Waals surface area contributed by atoms with Crippen molar-refractivity contribution in [2.45, 2.75) is 6.92 Å². The van der Waals surface area contributed by atoms with E-state index in [1.807, 2.05) is 0 Å². The average Bonchev–Trinajstić information content (AvgIpc) is 2.26. The summed E-state index contributed by atoms with van der Waals surface area (Å²) < 4.78 is 0. The number of hydrogen-bond donors (Lipinski definition) is 2. The highest BCUT2D eigenvalue weighted by Crippen LogP contribution is 2.11. The van der Waals surface area contributed by atoms with Crippen molar-refractivity contribution in [3.05, 3.63) is 46.0 Å². The van der Waals surface area contributed by atoms with Gasteiger partial charge in [0.05, 0.1) is 10.9 Å². The number of aliphatic carboxylic acids is 1. The van der Waals surface area contributed by atoms with Crippen LogP contribution in [-0.2, 0) is 4.79 Å². The fraction of sp³-hybridized carbons (Fsp3) is 0.0833. The van der Waals surface area contributed by atoms with Gasteiger partial charge in [-0.3, -0.25) is 4.79 Å². The van der Waals surface area contributed by atoms with E-state index in [0.29, 0.717) is 22.3 Å². The maximum atomic E-state index is 11.7. The number of carboxylic acids is 1. The Kier molecular flexibility index (Phi) is 2.74. The molecule has 0 radical (unpaired) electrons. The predicted molar refractivity (Wildman–Crippen MR) is 63.8 cm³/mol. The maximum Gasteiger partial charge on any atom is 0.328 e. The van der Waals surface area contributed by atoms with E-state index < -0.39 is 5.97 Å². The SMILES string of the molecule is Cc1nc2ccc(C=CC(=O)O)cc2c(=O)[nH]1. The topological polar surface area (TPSA) is 83.0 Å². The lowest BCUT2D eigenvalue weighted by atomic mass is 10.1. The lowest BCUT2D eigenvalue weighted by molar-refractivity contribution is -0.131. The molecule has 2 aromatic rings. The van der Waals surface area contributed by atoms with Gasteiger partial charge in [-0.25, -0.2) is 9.78 Å². The number of aromatic amines is 1. The Labute approximate surface area is 96.4 Å². The molecular formula is C12H10N2O3. The van der Waals surface area contributed by atoms with E-state index in [1.165, 1.54) is 6.08 Å². The number of aromatic nitrogens is 2. The molecule has 2 N–H and O–H groups in total. The largest absolute Gasteiger partial charge is 0.478 e. The van der Waals surface area contributed by atoms with Crippen LogP contribution in [0, 0.1) is 6.92 Å². The first-order chi connectivity index (χ1) is 8.06. The van der Waals surface area contributed by atoms with Crippen LogP contribution in [0.1, 0.15) is 11.4 Å². The highest BCUT2D eigenvalue weighted by molar-refractivity contribution is 5.87. The van der Waals surface area contributed by atoms with E-state index in [9.17, 15) is 9.59 Å². The van der Waals surface area contributed by atoms with Crippen LogP contribution in [0.4, 0.5) is 0 Å². The van der Waals surface area contributed by atoms with E-state index in [1.54, 1.807) is 25.1 Å². The zero-order valence-corrected chi connectivity index (χ0v) is 9.10. The summed E-state index contributed by atoms with van der Waals surface area (Å²) in [5.74, 6) is -0.475. The summed E-state index contributed by atoms with van der Waals surface area (Å²) in [5, 5.41) is 8.96. The predicted octanol–water partition coefficient (Wildman–Crippen LogP) is 1.33. The Morgan fingerprint density at radius 1 is 1.47 bits per heavy atom. The smallest absolute Gasteiger partial charge is 0.328 e. The number of fused-ring (bicyclic) bond motifs is 1. The number of H-pyrrole nitrogens is 1. The van der Waals surface area contributed by atoms with Crippen LogP contribution in [0.15, 0.2) is 29.1 Å². The van der Waals surface area contributed by atoms with E-state index >= 15 is 0 Å². The number of benzene rings is 1. The van der Waals surface area contributed by atoms with Crippen molar-refractivity contribution in [2.75, 3.05) is 0 Å². The summed E-state index contributed by atoms with van der Waals surface area (Å²) >= 11 is 0. The third kappa shape index (κ3) is 2.39. The maximum absolute atomic E-state index is 11.7. The van der Waals surface area contributed by atoms with Crippen molar-refractivity contribution in [3.63, 3.8) is 0 Å². The molecule has 0 aliphatic rings. The summed E-state index contributed by atoms with van der Waals surface area (Å²) in [4.78, 5) is 28.8. The number of nitrogens with one attached hydrogen (secondary N) is 1. The molecule has 0 bridgehead atoms. The summed E-state index contributed by atoms with van der Waals surface area (Å²) in [5.41, 5.74) is 1.02. The Morgan fingerprint density at radius 2 is 2.24 bits per heavy atom. The fourth-order valence-corrected chi connectivity index (χ4v) is 1.54.